The van der Waals surface area contributed by atoms with Crippen LogP contribution in [0.25, 0.3) is 0 Å². The van der Waals surface area contributed by atoms with Gasteiger partial charge in [0.05, 0.1) is 0 Å². The van der Waals surface area contributed by atoms with Gasteiger partial charge in [-0.2, -0.15) is 0 Å². The number of benzene rings is 1. The largest absolute Gasteiger partial charge is 0.342 e. The minimum atomic E-state index is -0.418. The Morgan fingerprint density at radius 2 is 1.95 bits per heavy atom. The van der Waals surface area contributed by atoms with Crippen LogP contribution in [0.15, 0.2) is 30.9 Å². The maximum atomic E-state index is 11.8. The number of nitrogens with one attached hydrogen (secondary N) is 3. The van der Waals surface area contributed by atoms with Gasteiger partial charge in [0.15, 0.2) is 5.96 Å². The Kier molecular flexibility index (Phi) is 7.39. The Hall–Kier alpha value is -2.01. The predicted octanol–water partition coefficient (Wildman–Crippen LogP) is 2.90. The molecular formula is C14H21ClN4O. The molecule has 0 aliphatic carbocycles. The number of guanidine groups is 1. The zero-order chi connectivity index (χ0) is 14.4. The minimum absolute atomic E-state index is 0. The maximum absolute atomic E-state index is 11.8. The number of para-hydroxylation sites is 1. The van der Waals surface area contributed by atoms with Crippen molar-refractivity contribution < 1.29 is 4.79 Å². The first-order chi connectivity index (χ1) is 8.95. The summed E-state index contributed by atoms with van der Waals surface area (Å²) in [6.07, 6.45) is 1.67. The van der Waals surface area contributed by atoms with Gasteiger partial charge in [0, 0.05) is 19.3 Å². The minimum Gasteiger partial charge on any atom is -0.342 e. The Balaban J connectivity index is 0.00000361. The second-order valence-corrected chi connectivity index (χ2v) is 4.36. The molecule has 0 unspecified atom stereocenters. The van der Waals surface area contributed by atoms with Crippen LogP contribution >= 0.6 is 12.4 Å². The van der Waals surface area contributed by atoms with Crippen molar-refractivity contribution in [1.82, 2.24) is 10.2 Å². The van der Waals surface area contributed by atoms with E-state index >= 15 is 0 Å². The molecule has 0 radical (unpaired) electrons. The summed E-state index contributed by atoms with van der Waals surface area (Å²) < 4.78 is 0. The molecule has 0 saturated heterocycles. The highest BCUT2D eigenvalue weighted by Gasteiger charge is 2.10. The van der Waals surface area contributed by atoms with E-state index in [4.69, 9.17) is 5.41 Å². The summed E-state index contributed by atoms with van der Waals surface area (Å²) in [5, 5.41) is 12.9. The fourth-order valence-electron chi connectivity index (χ4n) is 1.64. The molecule has 110 valence electrons. The Morgan fingerprint density at radius 3 is 2.45 bits per heavy atom. The summed E-state index contributed by atoms with van der Waals surface area (Å²) in [5.41, 5.74) is 2.75. The van der Waals surface area contributed by atoms with Crippen LogP contribution in [0.1, 0.15) is 11.1 Å². The number of nitrogens with zero attached hydrogens (tertiary/aromatic N) is 1. The number of carbonyl (C=O) groups is 1. The molecule has 5 nitrogen and oxygen atoms in total. The number of aryl methyl sites for hydroxylation is 2. The lowest BCUT2D eigenvalue weighted by atomic mass is 10.1. The highest BCUT2D eigenvalue weighted by molar-refractivity contribution is 6.02. The number of hydrogen-bond acceptors (Lipinski definition) is 2. The Labute approximate surface area is 126 Å². The summed E-state index contributed by atoms with van der Waals surface area (Å²) in [7, 11) is 1.71. The van der Waals surface area contributed by atoms with Gasteiger partial charge in [0.25, 0.3) is 0 Å². The monoisotopic (exact) mass is 296 g/mol. The van der Waals surface area contributed by atoms with Crippen molar-refractivity contribution in [2.24, 2.45) is 0 Å². The molecular weight excluding hydrogens is 276 g/mol. The Morgan fingerprint density at radius 1 is 1.40 bits per heavy atom. The fraction of sp³-hybridized carbons (Fsp3) is 0.286. The number of urea groups is 1. The first kappa shape index (κ1) is 18.0. The topological polar surface area (TPSA) is 68.2 Å². The summed E-state index contributed by atoms with van der Waals surface area (Å²) in [6, 6.07) is 5.38. The predicted molar refractivity (Wildman–Crippen MR) is 85.9 cm³/mol. The second kappa shape index (κ2) is 8.22. The first-order valence-electron chi connectivity index (χ1n) is 6.00. The normalized spacial score (nSPS) is 9.15. The zero-order valence-electron chi connectivity index (χ0n) is 12.0. The number of amides is 2. The van der Waals surface area contributed by atoms with Crippen molar-refractivity contribution in [1.29, 1.82) is 5.41 Å². The molecule has 0 aliphatic heterocycles. The lowest BCUT2D eigenvalue weighted by molar-refractivity contribution is 0.255. The molecule has 0 aliphatic rings. The molecule has 1 rings (SSSR count). The highest BCUT2D eigenvalue weighted by Crippen LogP contribution is 2.18. The van der Waals surface area contributed by atoms with Crippen molar-refractivity contribution in [3.63, 3.8) is 0 Å². The molecule has 0 bridgehead atoms. The van der Waals surface area contributed by atoms with E-state index < -0.39 is 6.03 Å². The number of halogens is 1. The van der Waals surface area contributed by atoms with E-state index in [1.807, 2.05) is 32.0 Å². The SMILES string of the molecule is C=CCN(C)C(=N)NC(=O)Nc1c(C)cccc1C.Cl. The van der Waals surface area contributed by atoms with E-state index in [2.05, 4.69) is 17.2 Å². The third kappa shape index (κ3) is 4.93. The van der Waals surface area contributed by atoms with Crippen molar-refractivity contribution in [3.05, 3.63) is 42.0 Å². The average molecular weight is 297 g/mol. The van der Waals surface area contributed by atoms with E-state index in [1.165, 1.54) is 0 Å². The van der Waals surface area contributed by atoms with Crippen LogP contribution in [-0.4, -0.2) is 30.5 Å². The number of hydrogen-bond donors (Lipinski definition) is 3. The van der Waals surface area contributed by atoms with E-state index in [0.29, 0.717) is 6.54 Å². The van der Waals surface area contributed by atoms with Crippen LogP contribution in [0.2, 0.25) is 0 Å². The summed E-state index contributed by atoms with van der Waals surface area (Å²) >= 11 is 0. The van der Waals surface area contributed by atoms with Crippen molar-refractivity contribution in [2.45, 2.75) is 13.8 Å². The molecule has 0 atom stereocenters. The maximum Gasteiger partial charge on any atom is 0.326 e. The molecule has 0 fully saturated rings. The molecule has 2 amide bonds. The van der Waals surface area contributed by atoms with Crippen molar-refractivity contribution >= 4 is 30.1 Å². The first-order valence-corrected chi connectivity index (χ1v) is 6.00. The summed E-state index contributed by atoms with van der Waals surface area (Å²) in [5.74, 6) is 0.0311. The Bertz CT molecular complexity index is 482. The van der Waals surface area contributed by atoms with E-state index in [-0.39, 0.29) is 18.4 Å². The number of carbonyl (C=O) groups excluding carboxylic acids is 1. The summed E-state index contributed by atoms with van der Waals surface area (Å²) in [6.45, 7) is 7.95. The molecule has 20 heavy (non-hydrogen) atoms. The lowest BCUT2D eigenvalue weighted by Gasteiger charge is -2.19. The second-order valence-electron chi connectivity index (χ2n) is 4.36. The molecule has 1 aromatic carbocycles. The van der Waals surface area contributed by atoms with Gasteiger partial charge in [-0.3, -0.25) is 10.7 Å². The van der Waals surface area contributed by atoms with Crippen molar-refractivity contribution in [2.75, 3.05) is 18.9 Å². The fourth-order valence-corrected chi connectivity index (χ4v) is 1.64. The number of rotatable bonds is 3. The van der Waals surface area contributed by atoms with Crippen LogP contribution in [0.3, 0.4) is 0 Å². The standard InChI is InChI=1S/C14H20N4O.ClH/c1-5-9-18(4)13(15)17-14(19)16-12-10(2)7-6-8-11(12)3;/h5-8H,1,9H2,2-4H3,(H3,15,16,17,19);1H. The third-order valence-corrected chi connectivity index (χ3v) is 2.74. The third-order valence-electron chi connectivity index (χ3n) is 2.74. The highest BCUT2D eigenvalue weighted by atomic mass is 35.5. The van der Waals surface area contributed by atoms with Gasteiger partial charge in [0.2, 0.25) is 0 Å². The van der Waals surface area contributed by atoms with Gasteiger partial charge in [-0.15, -0.1) is 19.0 Å². The van der Waals surface area contributed by atoms with Crippen LogP contribution in [0.5, 0.6) is 0 Å². The molecule has 0 aromatic heterocycles. The zero-order valence-corrected chi connectivity index (χ0v) is 12.8. The van der Waals surface area contributed by atoms with Gasteiger partial charge >= 0.3 is 6.03 Å². The van der Waals surface area contributed by atoms with Crippen LogP contribution < -0.4 is 10.6 Å². The molecule has 0 saturated carbocycles. The van der Waals surface area contributed by atoms with Gasteiger partial charge in [-0.05, 0) is 25.0 Å². The van der Waals surface area contributed by atoms with Gasteiger partial charge in [-0.1, -0.05) is 24.3 Å². The van der Waals surface area contributed by atoms with Gasteiger partial charge in [0.1, 0.15) is 0 Å². The van der Waals surface area contributed by atoms with E-state index in [1.54, 1.807) is 18.0 Å². The smallest absolute Gasteiger partial charge is 0.326 e. The number of likely N-dealkylation sites (N-methyl/N-ethyl adjacent to an activating group) is 1. The molecule has 3 N–H and O–H groups in total. The van der Waals surface area contributed by atoms with Gasteiger partial charge in [-0.25, -0.2) is 4.79 Å². The van der Waals surface area contributed by atoms with Crippen LogP contribution in [0.4, 0.5) is 10.5 Å². The molecule has 6 heteroatoms. The van der Waals surface area contributed by atoms with Gasteiger partial charge < -0.3 is 10.2 Å². The molecule has 0 heterocycles. The molecule has 0 spiro atoms. The lowest BCUT2D eigenvalue weighted by Crippen LogP contribution is -2.43. The van der Waals surface area contributed by atoms with Crippen molar-refractivity contribution in [3.8, 4) is 0 Å². The quantitative estimate of drug-likeness (QED) is 0.456. The van der Waals surface area contributed by atoms with Crippen LogP contribution in [-0.2, 0) is 0 Å². The average Bonchev–Trinajstić information content (AvgIpc) is 2.34. The number of anilines is 1. The molecule has 1 aromatic rings. The van der Waals surface area contributed by atoms with E-state index in [9.17, 15) is 4.79 Å². The van der Waals surface area contributed by atoms with Crippen LogP contribution in [0, 0.1) is 19.3 Å². The summed E-state index contributed by atoms with van der Waals surface area (Å²) in [4.78, 5) is 13.4. The van der Waals surface area contributed by atoms with E-state index in [0.717, 1.165) is 16.8 Å².